The smallest absolute Gasteiger partial charge is 0.212 e. The zero-order chi connectivity index (χ0) is 15.0. The highest BCUT2D eigenvalue weighted by Crippen LogP contribution is 2.30. The van der Waals surface area contributed by atoms with Gasteiger partial charge in [-0.15, -0.1) is 0 Å². The van der Waals surface area contributed by atoms with E-state index in [0.717, 1.165) is 6.42 Å². The van der Waals surface area contributed by atoms with E-state index in [0.29, 0.717) is 25.3 Å². The highest BCUT2D eigenvalue weighted by molar-refractivity contribution is 5.22. The molecule has 0 aliphatic carbocycles. The van der Waals surface area contributed by atoms with Gasteiger partial charge in [0.15, 0.2) is 11.5 Å². The van der Waals surface area contributed by atoms with Crippen LogP contribution in [0, 0.1) is 0 Å². The van der Waals surface area contributed by atoms with E-state index in [2.05, 4.69) is 12.1 Å². The van der Waals surface area contributed by atoms with Gasteiger partial charge in [-0.05, 0) is 25.7 Å². The lowest BCUT2D eigenvalue weighted by Gasteiger charge is -2.41. The lowest BCUT2D eigenvalue weighted by molar-refractivity contribution is -0.116. The Hall–Kier alpha value is -1.66. The molecule has 20 heavy (non-hydrogen) atoms. The van der Waals surface area contributed by atoms with Crippen molar-refractivity contribution in [3.05, 3.63) is 36.6 Å². The summed E-state index contributed by atoms with van der Waals surface area (Å²) < 4.78 is 5.12. The van der Waals surface area contributed by atoms with E-state index in [-0.39, 0.29) is 12.5 Å². The van der Waals surface area contributed by atoms with Crippen LogP contribution in [-0.4, -0.2) is 40.6 Å². The van der Waals surface area contributed by atoms with Crippen molar-refractivity contribution in [2.45, 2.75) is 32.4 Å². The quantitative estimate of drug-likeness (QED) is 0.436. The van der Waals surface area contributed by atoms with Gasteiger partial charge in [0.1, 0.15) is 0 Å². The molecule has 1 heterocycles. The highest BCUT2D eigenvalue weighted by Gasteiger charge is 2.39. The summed E-state index contributed by atoms with van der Waals surface area (Å²) in [5.74, 6) is 0.617. The van der Waals surface area contributed by atoms with Gasteiger partial charge in [-0.1, -0.05) is 13.3 Å². The number of nitrogens with one attached hydrogen (secondary N) is 1. The molecule has 0 fully saturated rings. The van der Waals surface area contributed by atoms with Gasteiger partial charge in [0.2, 0.25) is 5.88 Å². The Labute approximate surface area is 119 Å². The van der Waals surface area contributed by atoms with E-state index < -0.39 is 5.72 Å². The van der Waals surface area contributed by atoms with Crippen molar-refractivity contribution in [2.24, 2.45) is 0 Å². The van der Waals surface area contributed by atoms with Crippen molar-refractivity contribution in [3.8, 4) is 0 Å². The SMILES string of the molecule is C=C(NOC1=CC=CN(CCO)C1(O)CCC)OCC. The first-order valence-electron chi connectivity index (χ1n) is 6.82. The number of rotatable bonds is 9. The van der Waals surface area contributed by atoms with Crippen LogP contribution in [0.3, 0.4) is 0 Å². The van der Waals surface area contributed by atoms with Crippen LogP contribution in [0.25, 0.3) is 0 Å². The Kier molecular flexibility index (Phi) is 6.41. The van der Waals surface area contributed by atoms with Crippen molar-refractivity contribution in [1.29, 1.82) is 0 Å². The van der Waals surface area contributed by atoms with Crippen LogP contribution in [0.4, 0.5) is 0 Å². The van der Waals surface area contributed by atoms with Crippen molar-refractivity contribution in [3.63, 3.8) is 0 Å². The summed E-state index contributed by atoms with van der Waals surface area (Å²) in [4.78, 5) is 7.05. The molecule has 0 aromatic heterocycles. The molecule has 0 saturated carbocycles. The van der Waals surface area contributed by atoms with E-state index >= 15 is 0 Å². The molecular weight excluding hydrogens is 260 g/mol. The number of hydrogen-bond donors (Lipinski definition) is 3. The second kappa shape index (κ2) is 7.81. The maximum absolute atomic E-state index is 10.8. The largest absolute Gasteiger partial charge is 0.478 e. The first-order chi connectivity index (χ1) is 9.58. The Morgan fingerprint density at radius 3 is 2.85 bits per heavy atom. The van der Waals surface area contributed by atoms with Crippen molar-refractivity contribution in [1.82, 2.24) is 10.4 Å². The Morgan fingerprint density at radius 1 is 1.50 bits per heavy atom. The number of allylic oxidation sites excluding steroid dienone is 2. The molecule has 0 aromatic rings. The topological polar surface area (TPSA) is 74.2 Å². The first kappa shape index (κ1) is 16.4. The minimum absolute atomic E-state index is 0.0529. The van der Waals surface area contributed by atoms with Crippen LogP contribution < -0.4 is 5.48 Å². The third-order valence-electron chi connectivity index (χ3n) is 2.92. The van der Waals surface area contributed by atoms with E-state index in [1.165, 1.54) is 0 Å². The van der Waals surface area contributed by atoms with Crippen LogP contribution >= 0.6 is 0 Å². The predicted molar refractivity (Wildman–Crippen MR) is 75.9 cm³/mol. The molecule has 0 bridgehead atoms. The molecule has 114 valence electrons. The fourth-order valence-electron chi connectivity index (χ4n) is 2.05. The maximum atomic E-state index is 10.8. The highest BCUT2D eigenvalue weighted by atomic mass is 16.7. The van der Waals surface area contributed by atoms with Gasteiger partial charge in [0.25, 0.3) is 0 Å². The van der Waals surface area contributed by atoms with Gasteiger partial charge in [-0.25, -0.2) is 0 Å². The summed E-state index contributed by atoms with van der Waals surface area (Å²) in [6.07, 6.45) is 6.40. The van der Waals surface area contributed by atoms with Gasteiger partial charge < -0.3 is 24.7 Å². The molecule has 1 aliphatic heterocycles. The number of aliphatic hydroxyl groups is 2. The van der Waals surface area contributed by atoms with Crippen LogP contribution in [-0.2, 0) is 9.57 Å². The molecule has 1 atom stereocenters. The molecule has 0 saturated heterocycles. The fraction of sp³-hybridized carbons (Fsp3) is 0.571. The molecule has 1 unspecified atom stereocenters. The average molecular weight is 284 g/mol. The predicted octanol–water partition coefficient (Wildman–Crippen LogP) is 1.21. The van der Waals surface area contributed by atoms with Gasteiger partial charge in [0.05, 0.1) is 13.2 Å². The number of nitrogens with zero attached hydrogens (tertiary/aromatic N) is 1. The molecule has 1 rings (SSSR count). The third kappa shape index (κ3) is 3.91. The van der Waals surface area contributed by atoms with Gasteiger partial charge in [-0.3, -0.25) is 0 Å². The Morgan fingerprint density at radius 2 is 2.25 bits per heavy atom. The summed E-state index contributed by atoms with van der Waals surface area (Å²) in [5.41, 5.74) is 1.28. The summed E-state index contributed by atoms with van der Waals surface area (Å²) in [6.45, 7) is 8.19. The third-order valence-corrected chi connectivity index (χ3v) is 2.92. The molecule has 0 amide bonds. The number of hydrogen-bond acceptors (Lipinski definition) is 6. The lowest BCUT2D eigenvalue weighted by Crippen LogP contribution is -2.51. The molecule has 0 radical (unpaired) electrons. The van der Waals surface area contributed by atoms with Crippen LogP contribution in [0.2, 0.25) is 0 Å². The monoisotopic (exact) mass is 284 g/mol. The number of ether oxygens (including phenoxy) is 1. The minimum atomic E-state index is -1.29. The van der Waals surface area contributed by atoms with E-state index in [9.17, 15) is 5.11 Å². The average Bonchev–Trinajstić information content (AvgIpc) is 2.41. The van der Waals surface area contributed by atoms with Crippen LogP contribution in [0.15, 0.2) is 36.6 Å². The molecule has 0 spiro atoms. The normalized spacial score (nSPS) is 21.4. The molecule has 0 aromatic carbocycles. The lowest BCUT2D eigenvalue weighted by atomic mass is 10.0. The van der Waals surface area contributed by atoms with Crippen molar-refractivity contribution < 1.29 is 19.8 Å². The zero-order valence-corrected chi connectivity index (χ0v) is 12.1. The standard InChI is InChI=1S/C14H24N2O4/c1-4-8-14(18)13(20-15-12(3)19-5-2)7-6-9-16(14)10-11-17/h6-7,9,15,17-18H,3-5,8,10-11H2,1-2H3. The number of β-amino-alcohol motifs (C(OH)–C–C–N with tert-alkyl or cyclic N) is 1. The second-order valence-corrected chi connectivity index (χ2v) is 4.42. The minimum Gasteiger partial charge on any atom is -0.478 e. The van der Waals surface area contributed by atoms with Gasteiger partial charge >= 0.3 is 0 Å². The Balaban J connectivity index is 2.77. The maximum Gasteiger partial charge on any atom is 0.212 e. The zero-order valence-electron chi connectivity index (χ0n) is 12.1. The van der Waals surface area contributed by atoms with Crippen molar-refractivity contribution >= 4 is 0 Å². The molecule has 1 aliphatic rings. The first-order valence-corrected chi connectivity index (χ1v) is 6.82. The molecule has 6 nitrogen and oxygen atoms in total. The van der Waals surface area contributed by atoms with Gasteiger partial charge in [0, 0.05) is 19.2 Å². The van der Waals surface area contributed by atoms with Crippen LogP contribution in [0.1, 0.15) is 26.7 Å². The van der Waals surface area contributed by atoms with E-state index in [4.69, 9.17) is 14.7 Å². The second-order valence-electron chi connectivity index (χ2n) is 4.42. The molecule has 3 N–H and O–H groups in total. The summed E-state index contributed by atoms with van der Waals surface area (Å²) in [7, 11) is 0. The molecule has 6 heteroatoms. The van der Waals surface area contributed by atoms with E-state index in [1.807, 2.05) is 13.8 Å². The van der Waals surface area contributed by atoms with Crippen molar-refractivity contribution in [2.75, 3.05) is 19.8 Å². The summed E-state index contributed by atoms with van der Waals surface area (Å²) in [5, 5.41) is 19.9. The van der Waals surface area contributed by atoms with Crippen LogP contribution in [0.5, 0.6) is 0 Å². The number of aliphatic hydroxyl groups excluding tert-OH is 1. The van der Waals surface area contributed by atoms with Gasteiger partial charge in [-0.2, -0.15) is 5.48 Å². The molecular formula is C14H24N2O4. The fourth-order valence-corrected chi connectivity index (χ4v) is 2.05. The summed E-state index contributed by atoms with van der Waals surface area (Å²) >= 11 is 0. The number of hydroxylamine groups is 1. The Bertz CT molecular complexity index is 381. The summed E-state index contributed by atoms with van der Waals surface area (Å²) in [6, 6.07) is 0. The van der Waals surface area contributed by atoms with E-state index in [1.54, 1.807) is 23.3 Å².